The van der Waals surface area contributed by atoms with Crippen LogP contribution in [-0.4, -0.2) is 15.5 Å². The van der Waals surface area contributed by atoms with Crippen molar-refractivity contribution in [2.24, 2.45) is 5.73 Å². The highest BCUT2D eigenvalue weighted by Gasteiger charge is 2.15. The van der Waals surface area contributed by atoms with Crippen molar-refractivity contribution in [2.75, 3.05) is 0 Å². The second-order valence-electron chi connectivity index (χ2n) is 4.61. The van der Waals surface area contributed by atoms with E-state index in [2.05, 4.69) is 9.55 Å². The minimum Gasteiger partial charge on any atom is -0.366 e. The first-order chi connectivity index (χ1) is 8.75. The Balaban J connectivity index is 1.99. The first-order valence-electron chi connectivity index (χ1n) is 6.20. The molecular weight excluding hydrogens is 226 g/mol. The monoisotopic (exact) mass is 241 g/mol. The van der Waals surface area contributed by atoms with Gasteiger partial charge in [0.25, 0.3) is 0 Å². The Kier molecular flexibility index (Phi) is 2.63. The van der Waals surface area contributed by atoms with Gasteiger partial charge in [0.2, 0.25) is 5.91 Å². The van der Waals surface area contributed by atoms with E-state index in [1.54, 1.807) is 12.1 Å². The molecule has 0 saturated heterocycles. The van der Waals surface area contributed by atoms with E-state index < -0.39 is 5.91 Å². The minimum atomic E-state index is -0.392. The lowest BCUT2D eigenvalue weighted by Crippen LogP contribution is -2.12. The molecule has 0 saturated carbocycles. The van der Waals surface area contributed by atoms with E-state index in [1.165, 1.54) is 12.8 Å². The van der Waals surface area contributed by atoms with Gasteiger partial charge in [0.1, 0.15) is 5.82 Å². The van der Waals surface area contributed by atoms with Gasteiger partial charge in [0.15, 0.2) is 0 Å². The highest BCUT2D eigenvalue weighted by Crippen LogP contribution is 2.25. The van der Waals surface area contributed by atoms with E-state index in [4.69, 9.17) is 5.73 Å². The maximum atomic E-state index is 11.0. The molecule has 0 atom stereocenters. The average molecular weight is 241 g/mol. The highest BCUT2D eigenvalue weighted by molar-refractivity contribution is 5.93. The number of amides is 1. The number of aryl methyl sites for hydroxylation is 1. The lowest BCUT2D eigenvalue weighted by atomic mass is 10.1. The van der Waals surface area contributed by atoms with Crippen LogP contribution in [0, 0.1) is 0 Å². The maximum Gasteiger partial charge on any atom is 0.248 e. The van der Waals surface area contributed by atoms with E-state index in [0.29, 0.717) is 5.56 Å². The Hall–Kier alpha value is -2.10. The Labute approximate surface area is 105 Å². The van der Waals surface area contributed by atoms with Gasteiger partial charge < -0.3 is 10.3 Å². The number of carbonyl (C=O) groups is 1. The molecule has 0 spiro atoms. The number of nitrogens with zero attached hydrogens (tertiary/aromatic N) is 2. The van der Waals surface area contributed by atoms with Crippen molar-refractivity contribution in [3.63, 3.8) is 0 Å². The SMILES string of the molecule is NC(=O)c1ccc(-c2cnc3n2CCCC3)cc1. The lowest BCUT2D eigenvalue weighted by molar-refractivity contribution is 0.100. The summed E-state index contributed by atoms with van der Waals surface area (Å²) in [6.07, 6.45) is 5.39. The van der Waals surface area contributed by atoms with Crippen LogP contribution in [0.25, 0.3) is 11.3 Å². The number of hydrogen-bond acceptors (Lipinski definition) is 2. The molecule has 0 unspecified atom stereocenters. The van der Waals surface area contributed by atoms with Crippen molar-refractivity contribution >= 4 is 5.91 Å². The predicted molar refractivity (Wildman–Crippen MR) is 69.1 cm³/mol. The highest BCUT2D eigenvalue weighted by atomic mass is 16.1. The fourth-order valence-electron chi connectivity index (χ4n) is 2.45. The molecule has 1 aliphatic heterocycles. The van der Waals surface area contributed by atoms with E-state index in [1.807, 2.05) is 18.3 Å². The molecule has 1 aromatic carbocycles. The summed E-state index contributed by atoms with van der Waals surface area (Å²) in [5, 5.41) is 0. The van der Waals surface area contributed by atoms with Gasteiger partial charge in [0.05, 0.1) is 11.9 Å². The quantitative estimate of drug-likeness (QED) is 0.874. The molecule has 18 heavy (non-hydrogen) atoms. The van der Waals surface area contributed by atoms with Gasteiger partial charge >= 0.3 is 0 Å². The first-order valence-corrected chi connectivity index (χ1v) is 6.20. The number of rotatable bonds is 2. The van der Waals surface area contributed by atoms with Gasteiger partial charge in [-0.3, -0.25) is 4.79 Å². The van der Waals surface area contributed by atoms with E-state index in [-0.39, 0.29) is 0 Å². The standard InChI is InChI=1S/C14H15N3O/c15-14(18)11-6-4-10(5-7-11)12-9-16-13-3-1-2-8-17(12)13/h4-7,9H,1-3,8H2,(H2,15,18). The topological polar surface area (TPSA) is 60.9 Å². The van der Waals surface area contributed by atoms with E-state index in [0.717, 1.165) is 30.0 Å². The maximum absolute atomic E-state index is 11.0. The summed E-state index contributed by atoms with van der Waals surface area (Å²) < 4.78 is 2.27. The summed E-state index contributed by atoms with van der Waals surface area (Å²) in [7, 11) is 0. The zero-order chi connectivity index (χ0) is 12.5. The smallest absolute Gasteiger partial charge is 0.248 e. The van der Waals surface area contributed by atoms with Gasteiger partial charge in [0, 0.05) is 18.5 Å². The number of fused-ring (bicyclic) bond motifs is 1. The van der Waals surface area contributed by atoms with Crippen molar-refractivity contribution in [3.05, 3.63) is 41.9 Å². The Morgan fingerprint density at radius 2 is 2.00 bits per heavy atom. The fraction of sp³-hybridized carbons (Fsp3) is 0.286. The summed E-state index contributed by atoms with van der Waals surface area (Å²) in [5.41, 5.74) is 7.99. The number of nitrogens with two attached hydrogens (primary N) is 1. The van der Waals surface area contributed by atoms with E-state index in [9.17, 15) is 4.79 Å². The molecule has 3 rings (SSSR count). The Bertz CT molecular complexity index is 584. The van der Waals surface area contributed by atoms with Crippen LogP contribution in [0.1, 0.15) is 29.0 Å². The summed E-state index contributed by atoms with van der Waals surface area (Å²) in [6, 6.07) is 7.39. The Morgan fingerprint density at radius 1 is 1.22 bits per heavy atom. The second kappa shape index (κ2) is 4.29. The molecule has 2 N–H and O–H groups in total. The number of aromatic nitrogens is 2. The number of hydrogen-bond donors (Lipinski definition) is 1. The van der Waals surface area contributed by atoms with Crippen molar-refractivity contribution in [3.8, 4) is 11.3 Å². The van der Waals surface area contributed by atoms with Crippen LogP contribution < -0.4 is 5.73 Å². The van der Waals surface area contributed by atoms with E-state index >= 15 is 0 Å². The molecule has 0 bridgehead atoms. The van der Waals surface area contributed by atoms with Crippen LogP contribution in [0.3, 0.4) is 0 Å². The van der Waals surface area contributed by atoms with Crippen LogP contribution >= 0.6 is 0 Å². The van der Waals surface area contributed by atoms with Crippen LogP contribution in [0.15, 0.2) is 30.5 Å². The Morgan fingerprint density at radius 3 is 2.72 bits per heavy atom. The molecule has 1 aromatic heterocycles. The molecule has 0 fully saturated rings. The van der Waals surface area contributed by atoms with Gasteiger partial charge in [-0.25, -0.2) is 4.98 Å². The average Bonchev–Trinajstić information content (AvgIpc) is 2.82. The van der Waals surface area contributed by atoms with Crippen molar-refractivity contribution in [2.45, 2.75) is 25.8 Å². The first kappa shape index (κ1) is 11.0. The molecule has 92 valence electrons. The third kappa shape index (κ3) is 1.79. The molecule has 0 aliphatic carbocycles. The van der Waals surface area contributed by atoms with Gasteiger partial charge in [-0.15, -0.1) is 0 Å². The number of primary amides is 1. The number of benzene rings is 1. The largest absolute Gasteiger partial charge is 0.366 e. The number of imidazole rings is 1. The molecule has 2 aromatic rings. The fourth-order valence-corrected chi connectivity index (χ4v) is 2.45. The minimum absolute atomic E-state index is 0.392. The normalized spacial score (nSPS) is 14.2. The van der Waals surface area contributed by atoms with Crippen molar-refractivity contribution in [1.29, 1.82) is 0 Å². The zero-order valence-electron chi connectivity index (χ0n) is 10.1. The lowest BCUT2D eigenvalue weighted by Gasteiger charge is -2.16. The van der Waals surface area contributed by atoms with Crippen molar-refractivity contribution in [1.82, 2.24) is 9.55 Å². The second-order valence-corrected chi connectivity index (χ2v) is 4.61. The van der Waals surface area contributed by atoms with Crippen LogP contribution in [0.2, 0.25) is 0 Å². The van der Waals surface area contributed by atoms with Crippen LogP contribution in [0.5, 0.6) is 0 Å². The number of carbonyl (C=O) groups excluding carboxylic acids is 1. The summed E-state index contributed by atoms with van der Waals surface area (Å²) in [5.74, 6) is 0.770. The molecule has 1 amide bonds. The molecule has 4 heteroatoms. The van der Waals surface area contributed by atoms with Crippen LogP contribution in [-0.2, 0) is 13.0 Å². The molecule has 0 radical (unpaired) electrons. The van der Waals surface area contributed by atoms with Gasteiger partial charge in [-0.05, 0) is 30.5 Å². The molecular formula is C14H15N3O. The third-order valence-corrected chi connectivity index (χ3v) is 3.44. The van der Waals surface area contributed by atoms with Crippen LogP contribution in [0.4, 0.5) is 0 Å². The molecule has 1 aliphatic rings. The molecule has 2 heterocycles. The zero-order valence-corrected chi connectivity index (χ0v) is 10.1. The third-order valence-electron chi connectivity index (χ3n) is 3.44. The van der Waals surface area contributed by atoms with Gasteiger partial charge in [-0.1, -0.05) is 12.1 Å². The van der Waals surface area contributed by atoms with Crippen molar-refractivity contribution < 1.29 is 4.79 Å². The predicted octanol–water partition coefficient (Wildman–Crippen LogP) is 1.99. The summed E-state index contributed by atoms with van der Waals surface area (Å²) >= 11 is 0. The summed E-state index contributed by atoms with van der Waals surface area (Å²) in [4.78, 5) is 15.5. The summed E-state index contributed by atoms with van der Waals surface area (Å²) in [6.45, 7) is 1.03. The molecule has 4 nitrogen and oxygen atoms in total. The van der Waals surface area contributed by atoms with Gasteiger partial charge in [-0.2, -0.15) is 0 Å².